The van der Waals surface area contributed by atoms with E-state index in [4.69, 9.17) is 5.73 Å². The summed E-state index contributed by atoms with van der Waals surface area (Å²) in [5.74, 6) is -0.902. The molecule has 2 N–H and O–H groups in total. The zero-order chi connectivity index (χ0) is 18.0. The molecule has 2 aliphatic heterocycles. The average Bonchev–Trinajstić information content (AvgIpc) is 2.98. The monoisotopic (exact) mass is 353 g/mol. The predicted molar refractivity (Wildman–Crippen MR) is 85.5 cm³/mol. The second-order valence-electron chi connectivity index (χ2n) is 6.41. The van der Waals surface area contributed by atoms with Crippen molar-refractivity contribution in [3.05, 3.63) is 35.9 Å². The lowest BCUT2D eigenvalue weighted by Gasteiger charge is -2.36. The summed E-state index contributed by atoms with van der Waals surface area (Å²) in [6.45, 7) is -0.483. The van der Waals surface area contributed by atoms with Crippen molar-refractivity contribution >= 4 is 11.8 Å². The van der Waals surface area contributed by atoms with Gasteiger partial charge in [-0.3, -0.25) is 14.5 Å². The van der Waals surface area contributed by atoms with Crippen LogP contribution in [0.5, 0.6) is 0 Å². The highest BCUT2D eigenvalue weighted by Gasteiger charge is 2.45. The summed E-state index contributed by atoms with van der Waals surface area (Å²) in [6, 6.07) is 8.18. The fraction of sp³-hybridized carbons (Fsp3) is 0.529. The highest BCUT2D eigenvalue weighted by molar-refractivity contribution is 5.86. The van der Waals surface area contributed by atoms with Crippen LogP contribution < -0.4 is 5.73 Å². The summed E-state index contributed by atoms with van der Waals surface area (Å²) in [4.78, 5) is 27.4. The van der Waals surface area contributed by atoms with Crippen molar-refractivity contribution in [3.63, 3.8) is 0 Å². The van der Waals surface area contributed by atoms with Crippen LogP contribution in [0.2, 0.25) is 0 Å². The molecule has 136 valence electrons. The van der Waals surface area contributed by atoms with Gasteiger partial charge in [0.15, 0.2) is 0 Å². The maximum absolute atomic E-state index is 13.4. The Balaban J connectivity index is 1.78. The molecule has 2 amide bonds. The standard InChI is InChI=1S/C17H21F2N3O3/c18-17(19)11-21(8-9-25-17)16(24)14-7-6-13(15(20)23)22(14)10-12-4-2-1-3-5-12/h1-5,13-14H,6-11H2,(H2,20,23)/t13-,14+/m0/s1. The first-order valence-corrected chi connectivity index (χ1v) is 8.27. The summed E-state index contributed by atoms with van der Waals surface area (Å²) in [5.41, 5.74) is 6.41. The maximum atomic E-state index is 13.4. The first kappa shape index (κ1) is 17.8. The Morgan fingerprint density at radius 2 is 1.88 bits per heavy atom. The van der Waals surface area contributed by atoms with Gasteiger partial charge in [-0.1, -0.05) is 30.3 Å². The van der Waals surface area contributed by atoms with Crippen molar-refractivity contribution in [1.82, 2.24) is 9.80 Å². The van der Waals surface area contributed by atoms with E-state index in [0.717, 1.165) is 10.5 Å². The molecular weight excluding hydrogens is 332 g/mol. The van der Waals surface area contributed by atoms with Gasteiger partial charge in [0, 0.05) is 13.1 Å². The number of carbonyl (C=O) groups is 2. The van der Waals surface area contributed by atoms with Crippen LogP contribution >= 0.6 is 0 Å². The third-order valence-corrected chi connectivity index (χ3v) is 4.70. The minimum absolute atomic E-state index is 0.116. The third kappa shape index (κ3) is 3.96. The molecular formula is C17H21F2N3O3. The van der Waals surface area contributed by atoms with Gasteiger partial charge in [0.1, 0.15) is 6.54 Å². The first-order valence-electron chi connectivity index (χ1n) is 8.27. The van der Waals surface area contributed by atoms with Gasteiger partial charge in [0.2, 0.25) is 11.8 Å². The lowest BCUT2D eigenvalue weighted by Crippen LogP contribution is -2.55. The van der Waals surface area contributed by atoms with E-state index in [1.807, 2.05) is 30.3 Å². The SMILES string of the molecule is NC(=O)[C@@H]1CC[C@H](C(=O)N2CCOC(F)(F)C2)N1Cc1ccccc1. The number of hydrogen-bond donors (Lipinski definition) is 1. The number of likely N-dealkylation sites (tertiary alicyclic amines) is 1. The number of hydrogen-bond acceptors (Lipinski definition) is 4. The van der Waals surface area contributed by atoms with Crippen LogP contribution in [-0.4, -0.2) is 59.5 Å². The van der Waals surface area contributed by atoms with Gasteiger partial charge in [0.05, 0.1) is 18.7 Å². The van der Waals surface area contributed by atoms with Gasteiger partial charge >= 0.3 is 6.11 Å². The first-order chi connectivity index (χ1) is 11.9. The lowest BCUT2D eigenvalue weighted by molar-refractivity contribution is -0.268. The molecule has 0 spiro atoms. The Morgan fingerprint density at radius 3 is 2.52 bits per heavy atom. The van der Waals surface area contributed by atoms with Crippen LogP contribution in [0.4, 0.5) is 8.78 Å². The van der Waals surface area contributed by atoms with Gasteiger partial charge in [-0.2, -0.15) is 8.78 Å². The second kappa shape index (κ2) is 7.05. The molecule has 25 heavy (non-hydrogen) atoms. The van der Waals surface area contributed by atoms with Crippen LogP contribution in [0.1, 0.15) is 18.4 Å². The van der Waals surface area contributed by atoms with Gasteiger partial charge < -0.3 is 15.4 Å². The molecule has 0 aliphatic carbocycles. The Kier molecular flexibility index (Phi) is 5.01. The van der Waals surface area contributed by atoms with E-state index < -0.39 is 36.6 Å². The van der Waals surface area contributed by atoms with E-state index in [0.29, 0.717) is 19.4 Å². The van der Waals surface area contributed by atoms with Crippen molar-refractivity contribution in [1.29, 1.82) is 0 Å². The molecule has 0 aromatic heterocycles. The lowest BCUT2D eigenvalue weighted by atomic mass is 10.1. The molecule has 0 bridgehead atoms. The van der Waals surface area contributed by atoms with E-state index >= 15 is 0 Å². The maximum Gasteiger partial charge on any atom is 0.373 e. The number of morpholine rings is 1. The number of alkyl halides is 2. The molecule has 0 radical (unpaired) electrons. The van der Waals surface area contributed by atoms with Crippen LogP contribution in [-0.2, 0) is 20.9 Å². The fourth-order valence-electron chi connectivity index (χ4n) is 3.50. The number of benzene rings is 1. The topological polar surface area (TPSA) is 75.9 Å². The molecule has 1 aromatic carbocycles. The van der Waals surface area contributed by atoms with E-state index in [9.17, 15) is 18.4 Å². The van der Waals surface area contributed by atoms with Gasteiger partial charge in [-0.05, 0) is 18.4 Å². The molecule has 6 nitrogen and oxygen atoms in total. The summed E-state index contributed by atoms with van der Waals surface area (Å²) in [7, 11) is 0. The molecule has 2 fully saturated rings. The minimum atomic E-state index is -3.33. The van der Waals surface area contributed by atoms with E-state index in [1.54, 1.807) is 4.90 Å². The molecule has 3 rings (SSSR count). The van der Waals surface area contributed by atoms with Crippen LogP contribution in [0.25, 0.3) is 0 Å². The van der Waals surface area contributed by atoms with Crippen LogP contribution in [0, 0.1) is 0 Å². The molecule has 0 unspecified atom stereocenters. The second-order valence-corrected chi connectivity index (χ2v) is 6.41. The fourth-order valence-corrected chi connectivity index (χ4v) is 3.50. The number of halogens is 2. The average molecular weight is 353 g/mol. The predicted octanol–water partition coefficient (Wildman–Crippen LogP) is 0.956. The van der Waals surface area contributed by atoms with Crippen molar-refractivity contribution in [2.24, 2.45) is 5.73 Å². The van der Waals surface area contributed by atoms with Crippen molar-refractivity contribution in [2.45, 2.75) is 37.6 Å². The molecule has 2 aliphatic rings. The number of nitrogens with zero attached hydrogens (tertiary/aromatic N) is 2. The highest BCUT2D eigenvalue weighted by atomic mass is 19.3. The Morgan fingerprint density at radius 1 is 1.20 bits per heavy atom. The van der Waals surface area contributed by atoms with Gasteiger partial charge in [0.25, 0.3) is 0 Å². The summed E-state index contributed by atoms with van der Waals surface area (Å²) < 4.78 is 31.3. The smallest absolute Gasteiger partial charge is 0.368 e. The Hall–Kier alpha value is -2.06. The quantitative estimate of drug-likeness (QED) is 0.875. The van der Waals surface area contributed by atoms with E-state index in [-0.39, 0.29) is 13.2 Å². The Labute approximate surface area is 144 Å². The summed E-state index contributed by atoms with van der Waals surface area (Å²) >= 11 is 0. The van der Waals surface area contributed by atoms with Gasteiger partial charge in [-0.25, -0.2) is 0 Å². The molecule has 0 saturated carbocycles. The largest absolute Gasteiger partial charge is 0.373 e. The van der Waals surface area contributed by atoms with Crippen molar-refractivity contribution in [2.75, 3.05) is 19.7 Å². The van der Waals surface area contributed by atoms with Crippen molar-refractivity contribution in [3.8, 4) is 0 Å². The van der Waals surface area contributed by atoms with Crippen LogP contribution in [0.3, 0.4) is 0 Å². The van der Waals surface area contributed by atoms with Crippen molar-refractivity contribution < 1.29 is 23.1 Å². The third-order valence-electron chi connectivity index (χ3n) is 4.70. The minimum Gasteiger partial charge on any atom is -0.368 e. The highest BCUT2D eigenvalue weighted by Crippen LogP contribution is 2.29. The molecule has 8 heteroatoms. The van der Waals surface area contributed by atoms with E-state index in [2.05, 4.69) is 4.74 Å². The summed E-state index contributed by atoms with van der Waals surface area (Å²) in [5, 5.41) is 0. The van der Waals surface area contributed by atoms with Crippen LogP contribution in [0.15, 0.2) is 30.3 Å². The summed E-state index contributed by atoms with van der Waals surface area (Å²) in [6.07, 6.45) is -2.47. The molecule has 2 atom stereocenters. The number of carbonyl (C=O) groups excluding carboxylic acids is 2. The zero-order valence-electron chi connectivity index (χ0n) is 13.7. The van der Waals surface area contributed by atoms with E-state index in [1.165, 1.54) is 0 Å². The van der Waals surface area contributed by atoms with Gasteiger partial charge in [-0.15, -0.1) is 0 Å². The number of primary amides is 1. The molecule has 2 saturated heterocycles. The molecule has 1 aromatic rings. The zero-order valence-corrected chi connectivity index (χ0v) is 13.7. The number of nitrogens with two attached hydrogens (primary N) is 1. The normalized spacial score (nSPS) is 26.6. The molecule has 2 heterocycles. The number of ether oxygens (including phenoxy) is 1. The number of amides is 2. The Bertz CT molecular complexity index is 641. The number of rotatable bonds is 4.